The predicted molar refractivity (Wildman–Crippen MR) is 92.0 cm³/mol. The molecule has 0 fully saturated rings. The maximum atomic E-state index is 12.2. The van der Waals surface area contributed by atoms with E-state index in [1.54, 1.807) is 18.5 Å². The number of amides is 1. The number of benzene rings is 1. The van der Waals surface area contributed by atoms with Crippen LogP contribution in [0.15, 0.2) is 69.9 Å². The highest BCUT2D eigenvalue weighted by Gasteiger charge is 2.16. The summed E-state index contributed by atoms with van der Waals surface area (Å²) in [5.41, 5.74) is 2.05. The second kappa shape index (κ2) is 6.60. The molecular weight excluding hydrogens is 318 g/mol. The van der Waals surface area contributed by atoms with Crippen LogP contribution in [0.5, 0.6) is 0 Å². The summed E-state index contributed by atoms with van der Waals surface area (Å²) in [5, 5.41) is 7.62. The largest absolute Gasteiger partial charge is 0.453 e. The third kappa shape index (κ3) is 3.28. The number of nitrogens with one attached hydrogen (secondary N) is 1. The van der Waals surface area contributed by atoms with Crippen molar-refractivity contribution in [3.8, 4) is 11.5 Å². The fourth-order valence-electron chi connectivity index (χ4n) is 2.56. The Morgan fingerprint density at radius 3 is 2.84 bits per heavy atom. The lowest BCUT2D eigenvalue weighted by molar-refractivity contribution is 0.0945. The summed E-state index contributed by atoms with van der Waals surface area (Å²) < 4.78 is 11.0. The first-order chi connectivity index (χ1) is 12.3. The summed E-state index contributed by atoms with van der Waals surface area (Å²) in [6, 6.07) is 14.9. The highest BCUT2D eigenvalue weighted by molar-refractivity contribution is 5.93. The van der Waals surface area contributed by atoms with Gasteiger partial charge in [0.15, 0.2) is 11.5 Å². The summed E-state index contributed by atoms with van der Waals surface area (Å²) in [4.78, 5) is 16.2. The van der Waals surface area contributed by atoms with Gasteiger partial charge in [-0.25, -0.2) is 0 Å². The van der Waals surface area contributed by atoms with E-state index in [1.165, 1.54) is 0 Å². The van der Waals surface area contributed by atoms with Crippen molar-refractivity contribution < 1.29 is 13.7 Å². The molecule has 1 aromatic carbocycles. The number of carbonyl (C=O) groups excluding carboxylic acids is 1. The maximum Gasteiger partial charge on any atom is 0.273 e. The Morgan fingerprint density at radius 1 is 1.08 bits per heavy atom. The van der Waals surface area contributed by atoms with Crippen molar-refractivity contribution in [2.45, 2.75) is 6.42 Å². The molecule has 6 nitrogen and oxygen atoms in total. The topological polar surface area (TPSA) is 81.2 Å². The van der Waals surface area contributed by atoms with Crippen LogP contribution in [0.1, 0.15) is 16.1 Å². The Morgan fingerprint density at radius 2 is 2.00 bits per heavy atom. The summed E-state index contributed by atoms with van der Waals surface area (Å²) in [7, 11) is 0. The molecular formula is C19H15N3O3. The van der Waals surface area contributed by atoms with Crippen LogP contribution in [-0.4, -0.2) is 22.6 Å². The Labute approximate surface area is 143 Å². The summed E-state index contributed by atoms with van der Waals surface area (Å²) in [6.45, 7) is 0.497. The van der Waals surface area contributed by atoms with Gasteiger partial charge in [-0.2, -0.15) is 0 Å². The molecule has 0 unspecified atom stereocenters. The van der Waals surface area contributed by atoms with E-state index in [2.05, 4.69) is 15.5 Å². The molecule has 3 aromatic heterocycles. The van der Waals surface area contributed by atoms with Gasteiger partial charge in [-0.1, -0.05) is 29.4 Å². The van der Waals surface area contributed by atoms with E-state index in [-0.39, 0.29) is 11.6 Å². The molecule has 124 valence electrons. The smallest absolute Gasteiger partial charge is 0.273 e. The maximum absolute atomic E-state index is 12.2. The molecule has 4 aromatic rings. The van der Waals surface area contributed by atoms with E-state index in [0.717, 1.165) is 16.5 Å². The van der Waals surface area contributed by atoms with Crippen LogP contribution in [0.2, 0.25) is 0 Å². The minimum atomic E-state index is -0.282. The van der Waals surface area contributed by atoms with Crippen LogP contribution < -0.4 is 5.32 Å². The third-order valence-electron chi connectivity index (χ3n) is 3.83. The first kappa shape index (κ1) is 15.1. The standard InChI is InChI=1S/C19H15N3O3/c23-19(21-9-7-13-4-3-8-20-12-13)15-11-18(25-22-15)17-10-14-5-1-2-6-16(14)24-17/h1-6,8,10-12H,7,9H2,(H,21,23). The number of furan rings is 1. The number of hydrogen-bond acceptors (Lipinski definition) is 5. The van der Waals surface area contributed by atoms with Gasteiger partial charge in [0.25, 0.3) is 5.91 Å². The first-order valence-electron chi connectivity index (χ1n) is 7.92. The van der Waals surface area contributed by atoms with Crippen LogP contribution in [-0.2, 0) is 6.42 Å². The average Bonchev–Trinajstić information content (AvgIpc) is 3.29. The average molecular weight is 333 g/mol. The van der Waals surface area contributed by atoms with Gasteiger partial charge in [-0.3, -0.25) is 9.78 Å². The van der Waals surface area contributed by atoms with Crippen LogP contribution >= 0.6 is 0 Å². The second-order valence-corrected chi connectivity index (χ2v) is 5.59. The predicted octanol–water partition coefficient (Wildman–Crippen LogP) is 3.46. The van der Waals surface area contributed by atoms with Crippen LogP contribution in [0, 0.1) is 0 Å². The van der Waals surface area contributed by atoms with Gasteiger partial charge >= 0.3 is 0 Å². The molecule has 25 heavy (non-hydrogen) atoms. The molecule has 0 radical (unpaired) electrons. The summed E-state index contributed by atoms with van der Waals surface area (Å²) >= 11 is 0. The molecule has 0 aliphatic heterocycles. The molecule has 4 rings (SSSR count). The van der Waals surface area contributed by atoms with Gasteiger partial charge in [0.2, 0.25) is 5.76 Å². The molecule has 0 saturated heterocycles. The zero-order chi connectivity index (χ0) is 17.1. The molecule has 3 heterocycles. The van der Waals surface area contributed by atoms with Crippen molar-refractivity contribution in [2.75, 3.05) is 6.54 Å². The highest BCUT2D eigenvalue weighted by atomic mass is 16.5. The molecule has 0 aliphatic carbocycles. The Bertz CT molecular complexity index is 972. The van der Waals surface area contributed by atoms with Crippen molar-refractivity contribution in [2.24, 2.45) is 0 Å². The Balaban J connectivity index is 1.42. The molecule has 0 bridgehead atoms. The number of hydrogen-bond donors (Lipinski definition) is 1. The van der Waals surface area contributed by atoms with Gasteiger partial charge in [0.1, 0.15) is 5.58 Å². The van der Waals surface area contributed by atoms with Crippen molar-refractivity contribution in [3.63, 3.8) is 0 Å². The zero-order valence-electron chi connectivity index (χ0n) is 13.3. The SMILES string of the molecule is O=C(NCCc1cccnc1)c1cc(-c2cc3ccccc3o2)on1. The number of aromatic nitrogens is 2. The number of para-hydroxylation sites is 1. The second-order valence-electron chi connectivity index (χ2n) is 5.59. The fraction of sp³-hybridized carbons (Fsp3) is 0.105. The number of carbonyl (C=O) groups is 1. The van der Waals surface area contributed by atoms with Crippen molar-refractivity contribution in [3.05, 3.63) is 72.2 Å². The van der Waals surface area contributed by atoms with Gasteiger partial charge in [-0.05, 0) is 30.2 Å². The normalized spacial score (nSPS) is 10.9. The molecule has 0 spiro atoms. The minimum absolute atomic E-state index is 0.224. The Hall–Kier alpha value is -3.41. The lowest BCUT2D eigenvalue weighted by atomic mass is 10.2. The summed E-state index contributed by atoms with van der Waals surface area (Å²) in [5.74, 6) is 0.687. The highest BCUT2D eigenvalue weighted by Crippen LogP contribution is 2.28. The van der Waals surface area contributed by atoms with Crippen LogP contribution in [0.3, 0.4) is 0 Å². The summed E-state index contributed by atoms with van der Waals surface area (Å²) in [6.07, 6.45) is 4.20. The molecule has 0 atom stereocenters. The number of fused-ring (bicyclic) bond motifs is 1. The van der Waals surface area contributed by atoms with E-state index in [4.69, 9.17) is 8.94 Å². The lowest BCUT2D eigenvalue weighted by Gasteiger charge is -2.02. The van der Waals surface area contributed by atoms with Gasteiger partial charge in [0.05, 0.1) is 0 Å². The first-order valence-corrected chi connectivity index (χ1v) is 7.92. The zero-order valence-corrected chi connectivity index (χ0v) is 13.3. The lowest BCUT2D eigenvalue weighted by Crippen LogP contribution is -2.25. The quantitative estimate of drug-likeness (QED) is 0.605. The van der Waals surface area contributed by atoms with E-state index in [1.807, 2.05) is 42.5 Å². The molecule has 0 aliphatic rings. The van der Waals surface area contributed by atoms with Crippen molar-refractivity contribution >= 4 is 16.9 Å². The minimum Gasteiger partial charge on any atom is -0.453 e. The van der Waals surface area contributed by atoms with Crippen LogP contribution in [0.25, 0.3) is 22.5 Å². The van der Waals surface area contributed by atoms with Crippen molar-refractivity contribution in [1.82, 2.24) is 15.5 Å². The van der Waals surface area contributed by atoms with E-state index in [9.17, 15) is 4.79 Å². The number of rotatable bonds is 5. The van der Waals surface area contributed by atoms with E-state index in [0.29, 0.717) is 24.5 Å². The molecule has 1 N–H and O–H groups in total. The van der Waals surface area contributed by atoms with E-state index >= 15 is 0 Å². The third-order valence-corrected chi connectivity index (χ3v) is 3.83. The molecule has 1 amide bonds. The van der Waals surface area contributed by atoms with Gasteiger partial charge in [-0.15, -0.1) is 0 Å². The van der Waals surface area contributed by atoms with Crippen LogP contribution in [0.4, 0.5) is 0 Å². The molecule has 0 saturated carbocycles. The molecule has 6 heteroatoms. The fourth-order valence-corrected chi connectivity index (χ4v) is 2.56. The Kier molecular flexibility index (Phi) is 4.00. The number of nitrogens with zero attached hydrogens (tertiary/aromatic N) is 2. The monoisotopic (exact) mass is 333 g/mol. The number of pyridine rings is 1. The van der Waals surface area contributed by atoms with E-state index < -0.39 is 0 Å². The van der Waals surface area contributed by atoms with Gasteiger partial charge < -0.3 is 14.3 Å². The van der Waals surface area contributed by atoms with Crippen molar-refractivity contribution in [1.29, 1.82) is 0 Å². The van der Waals surface area contributed by atoms with Gasteiger partial charge in [0, 0.05) is 30.4 Å².